The molecular formula is C16H16F3N3. The van der Waals surface area contributed by atoms with Crippen LogP contribution in [0.4, 0.5) is 13.2 Å². The molecule has 1 aromatic heterocycles. The highest BCUT2D eigenvalue weighted by molar-refractivity contribution is 5.33. The van der Waals surface area contributed by atoms with Crippen LogP contribution in [0, 0.1) is 6.92 Å². The molecular weight excluding hydrogens is 291 g/mol. The third-order valence-electron chi connectivity index (χ3n) is 3.79. The summed E-state index contributed by atoms with van der Waals surface area (Å²) in [7, 11) is 0. The predicted octanol–water partition coefficient (Wildman–Crippen LogP) is 3.06. The fourth-order valence-corrected chi connectivity index (χ4v) is 2.79. The summed E-state index contributed by atoms with van der Waals surface area (Å²) in [4.78, 5) is 7.70. The van der Waals surface area contributed by atoms with Gasteiger partial charge in [0, 0.05) is 11.7 Å². The number of nitrogens with zero attached hydrogens (tertiary/aromatic N) is 2. The van der Waals surface area contributed by atoms with Crippen LogP contribution < -0.4 is 5.32 Å². The van der Waals surface area contributed by atoms with Crippen molar-refractivity contribution in [1.29, 1.82) is 0 Å². The lowest BCUT2D eigenvalue weighted by Gasteiger charge is -2.13. The van der Waals surface area contributed by atoms with Gasteiger partial charge in [0.1, 0.15) is 11.5 Å². The number of hydrogen-bond donors (Lipinski definition) is 1. The molecule has 0 amide bonds. The monoisotopic (exact) mass is 307 g/mol. The fraction of sp³-hybridized carbons (Fsp3) is 0.375. The Bertz CT molecular complexity index is 658. The zero-order valence-electron chi connectivity index (χ0n) is 12.1. The quantitative estimate of drug-likeness (QED) is 0.947. The van der Waals surface area contributed by atoms with Gasteiger partial charge in [-0.05, 0) is 37.0 Å². The molecule has 0 spiro atoms. The molecule has 0 saturated heterocycles. The summed E-state index contributed by atoms with van der Waals surface area (Å²) in [5.74, 6) is 0.184. The summed E-state index contributed by atoms with van der Waals surface area (Å²) < 4.78 is 38.3. The normalized spacial score (nSPS) is 15.1. The van der Waals surface area contributed by atoms with Gasteiger partial charge >= 0.3 is 6.18 Å². The second kappa shape index (κ2) is 5.68. The van der Waals surface area contributed by atoms with Crippen molar-refractivity contribution in [2.75, 3.05) is 0 Å². The van der Waals surface area contributed by atoms with E-state index in [1.165, 1.54) is 11.1 Å². The first-order valence-electron chi connectivity index (χ1n) is 7.14. The molecule has 0 atom stereocenters. The molecule has 2 aromatic rings. The highest BCUT2D eigenvalue weighted by atomic mass is 19.4. The van der Waals surface area contributed by atoms with Gasteiger partial charge in [0.05, 0.1) is 6.54 Å². The number of aryl methyl sites for hydroxylation is 1. The van der Waals surface area contributed by atoms with Crippen LogP contribution in [-0.2, 0) is 25.6 Å². The van der Waals surface area contributed by atoms with Crippen LogP contribution in [0.2, 0.25) is 0 Å². The molecule has 0 bridgehead atoms. The van der Waals surface area contributed by atoms with Gasteiger partial charge in [-0.25, -0.2) is 9.97 Å². The van der Waals surface area contributed by atoms with Crippen molar-refractivity contribution < 1.29 is 13.2 Å². The van der Waals surface area contributed by atoms with E-state index in [2.05, 4.69) is 27.4 Å². The van der Waals surface area contributed by atoms with E-state index in [-0.39, 0.29) is 18.4 Å². The van der Waals surface area contributed by atoms with E-state index in [1.807, 2.05) is 12.1 Å². The molecule has 22 heavy (non-hydrogen) atoms. The number of alkyl halides is 3. The maximum absolute atomic E-state index is 12.8. The molecule has 1 aliphatic rings. The van der Waals surface area contributed by atoms with Gasteiger partial charge < -0.3 is 5.32 Å². The van der Waals surface area contributed by atoms with Crippen LogP contribution in [0.3, 0.4) is 0 Å². The highest BCUT2D eigenvalue weighted by Gasteiger charge is 2.33. The van der Waals surface area contributed by atoms with E-state index in [1.54, 1.807) is 6.92 Å². The first-order valence-corrected chi connectivity index (χ1v) is 7.14. The van der Waals surface area contributed by atoms with Crippen LogP contribution in [0.5, 0.6) is 0 Å². The number of aromatic nitrogens is 2. The second-order valence-electron chi connectivity index (χ2n) is 5.56. The van der Waals surface area contributed by atoms with E-state index < -0.39 is 11.9 Å². The molecule has 0 aliphatic heterocycles. The lowest BCUT2D eigenvalue weighted by molar-refractivity contribution is -0.141. The van der Waals surface area contributed by atoms with Crippen molar-refractivity contribution in [3.63, 3.8) is 0 Å². The van der Waals surface area contributed by atoms with Crippen molar-refractivity contribution >= 4 is 0 Å². The van der Waals surface area contributed by atoms with Crippen molar-refractivity contribution in [2.45, 2.75) is 38.5 Å². The summed E-state index contributed by atoms with van der Waals surface area (Å²) in [6.45, 7) is 1.79. The topological polar surface area (TPSA) is 37.8 Å². The zero-order chi connectivity index (χ0) is 15.7. The van der Waals surface area contributed by atoms with E-state index in [9.17, 15) is 13.2 Å². The lowest BCUT2D eigenvalue weighted by atomic mass is 10.1. The van der Waals surface area contributed by atoms with Crippen LogP contribution in [0.15, 0.2) is 30.3 Å². The minimum Gasteiger partial charge on any atom is -0.306 e. The number of nitrogens with one attached hydrogen (secondary N) is 1. The summed E-state index contributed by atoms with van der Waals surface area (Å²) in [6.07, 6.45) is -2.67. The van der Waals surface area contributed by atoms with Crippen LogP contribution in [0.1, 0.15) is 28.3 Å². The molecule has 3 rings (SSSR count). The molecule has 0 unspecified atom stereocenters. The smallest absolute Gasteiger partial charge is 0.306 e. The lowest BCUT2D eigenvalue weighted by Crippen LogP contribution is -2.30. The Morgan fingerprint density at radius 2 is 1.77 bits per heavy atom. The van der Waals surface area contributed by atoms with Crippen molar-refractivity contribution in [2.24, 2.45) is 0 Å². The Balaban J connectivity index is 1.67. The van der Waals surface area contributed by atoms with Crippen molar-refractivity contribution in [1.82, 2.24) is 15.3 Å². The first kappa shape index (κ1) is 15.0. The zero-order valence-corrected chi connectivity index (χ0v) is 12.1. The van der Waals surface area contributed by atoms with Crippen LogP contribution in [-0.4, -0.2) is 16.0 Å². The van der Waals surface area contributed by atoms with Gasteiger partial charge in [0.15, 0.2) is 0 Å². The molecule has 116 valence electrons. The van der Waals surface area contributed by atoms with Gasteiger partial charge in [0.2, 0.25) is 0 Å². The maximum Gasteiger partial charge on any atom is 0.433 e. The summed E-state index contributed by atoms with van der Waals surface area (Å²) in [5.41, 5.74) is 2.03. The summed E-state index contributed by atoms with van der Waals surface area (Å²) >= 11 is 0. The number of hydrogen-bond acceptors (Lipinski definition) is 3. The largest absolute Gasteiger partial charge is 0.433 e. The maximum atomic E-state index is 12.8. The SMILES string of the molecule is Cc1cc(C(F)(F)F)nc(CNC2Cc3ccccc3C2)n1. The molecule has 1 N–H and O–H groups in total. The Kier molecular flexibility index (Phi) is 3.87. The van der Waals surface area contributed by atoms with Gasteiger partial charge in [-0.15, -0.1) is 0 Å². The van der Waals surface area contributed by atoms with E-state index in [0.29, 0.717) is 5.69 Å². The van der Waals surface area contributed by atoms with E-state index in [4.69, 9.17) is 0 Å². The van der Waals surface area contributed by atoms with Crippen LogP contribution in [0.25, 0.3) is 0 Å². The fourth-order valence-electron chi connectivity index (χ4n) is 2.79. The summed E-state index contributed by atoms with van der Waals surface area (Å²) in [5, 5.41) is 3.26. The molecule has 0 fully saturated rings. The Morgan fingerprint density at radius 1 is 1.14 bits per heavy atom. The number of fused-ring (bicyclic) bond motifs is 1. The standard InChI is InChI=1S/C16H16F3N3/c1-10-6-14(16(17,18)19)22-15(21-10)9-20-13-7-11-4-2-3-5-12(11)8-13/h2-6,13,20H,7-9H2,1H3. The summed E-state index contributed by atoms with van der Waals surface area (Å²) in [6, 6.07) is 9.36. The number of halogens is 3. The minimum absolute atomic E-state index is 0.184. The van der Waals surface area contributed by atoms with E-state index >= 15 is 0 Å². The Morgan fingerprint density at radius 3 is 2.36 bits per heavy atom. The average molecular weight is 307 g/mol. The third kappa shape index (κ3) is 3.27. The van der Waals surface area contributed by atoms with Gasteiger partial charge in [-0.1, -0.05) is 24.3 Å². The Labute approximate surface area is 126 Å². The first-order chi connectivity index (χ1) is 10.4. The molecule has 0 radical (unpaired) electrons. The predicted molar refractivity (Wildman–Crippen MR) is 76.2 cm³/mol. The second-order valence-corrected chi connectivity index (χ2v) is 5.56. The molecule has 6 heteroatoms. The molecule has 1 aromatic carbocycles. The molecule has 3 nitrogen and oxygen atoms in total. The number of benzene rings is 1. The van der Waals surface area contributed by atoms with Crippen molar-refractivity contribution in [3.8, 4) is 0 Å². The highest BCUT2D eigenvalue weighted by Crippen LogP contribution is 2.28. The average Bonchev–Trinajstić information content (AvgIpc) is 2.86. The van der Waals surface area contributed by atoms with Gasteiger partial charge in [0.25, 0.3) is 0 Å². The van der Waals surface area contributed by atoms with E-state index in [0.717, 1.165) is 18.9 Å². The van der Waals surface area contributed by atoms with Gasteiger partial charge in [-0.2, -0.15) is 13.2 Å². The number of rotatable bonds is 3. The van der Waals surface area contributed by atoms with Gasteiger partial charge in [-0.3, -0.25) is 0 Å². The minimum atomic E-state index is -4.44. The molecule has 1 heterocycles. The third-order valence-corrected chi connectivity index (χ3v) is 3.79. The van der Waals surface area contributed by atoms with Crippen molar-refractivity contribution in [3.05, 3.63) is 58.7 Å². The van der Waals surface area contributed by atoms with Crippen LogP contribution >= 0.6 is 0 Å². The molecule has 0 saturated carbocycles. The molecule has 1 aliphatic carbocycles. The Hall–Kier alpha value is -1.95.